The van der Waals surface area contributed by atoms with Gasteiger partial charge in [0.25, 0.3) is 5.91 Å². The van der Waals surface area contributed by atoms with Crippen molar-refractivity contribution in [3.8, 4) is 11.3 Å². The summed E-state index contributed by atoms with van der Waals surface area (Å²) in [5.74, 6) is -3.70. The summed E-state index contributed by atoms with van der Waals surface area (Å²) in [4.78, 5) is 35.9. The Kier molecular flexibility index (Phi) is 6.93. The molecule has 0 unspecified atom stereocenters. The zero-order valence-electron chi connectivity index (χ0n) is 16.7. The van der Waals surface area contributed by atoms with Crippen molar-refractivity contribution in [3.63, 3.8) is 0 Å². The van der Waals surface area contributed by atoms with Gasteiger partial charge in [0.1, 0.15) is 12.2 Å². The summed E-state index contributed by atoms with van der Waals surface area (Å²) in [7, 11) is 1.51. The van der Waals surface area contributed by atoms with E-state index in [1.807, 2.05) is 6.92 Å². The van der Waals surface area contributed by atoms with E-state index < -0.39 is 29.1 Å². The van der Waals surface area contributed by atoms with Gasteiger partial charge in [0, 0.05) is 12.7 Å². The molecule has 10 heteroatoms. The minimum atomic E-state index is -1.09. The van der Waals surface area contributed by atoms with Gasteiger partial charge < -0.3 is 14.8 Å². The molecule has 0 atom stereocenters. The summed E-state index contributed by atoms with van der Waals surface area (Å²) >= 11 is 0. The second kappa shape index (κ2) is 9.81. The molecule has 0 spiro atoms. The molecule has 31 heavy (non-hydrogen) atoms. The Hall–Kier alpha value is -3.79. The minimum Gasteiger partial charge on any atom is -0.460 e. The van der Waals surface area contributed by atoms with Gasteiger partial charge in [0.15, 0.2) is 17.5 Å². The highest BCUT2D eigenvalue weighted by molar-refractivity contribution is 6.04. The minimum absolute atomic E-state index is 0.00264. The maximum Gasteiger partial charge on any atom is 0.338 e. The highest BCUT2D eigenvalue weighted by Crippen LogP contribution is 2.23. The molecule has 3 rings (SSSR count). The molecule has 0 saturated carbocycles. The fraction of sp³-hybridized carbons (Fsp3) is 0.190. The lowest BCUT2D eigenvalue weighted by Gasteiger charge is -2.10. The van der Waals surface area contributed by atoms with Crippen LogP contribution in [0.4, 0.5) is 14.6 Å². The molecule has 3 aromatic rings. The lowest BCUT2D eigenvalue weighted by molar-refractivity contribution is 0.0388. The number of pyridine rings is 1. The molecule has 160 valence electrons. The number of hydrogen-bond acceptors (Lipinski definition) is 7. The molecule has 0 radical (unpaired) electrons. The van der Waals surface area contributed by atoms with Crippen molar-refractivity contribution in [2.24, 2.45) is 0 Å². The van der Waals surface area contributed by atoms with Gasteiger partial charge in [-0.1, -0.05) is 6.07 Å². The Bertz CT molecular complexity index is 1090. The first-order valence-electron chi connectivity index (χ1n) is 9.10. The van der Waals surface area contributed by atoms with E-state index in [0.29, 0.717) is 16.8 Å². The molecule has 0 aliphatic rings. The van der Waals surface area contributed by atoms with Crippen LogP contribution >= 0.6 is 0 Å². The Morgan fingerprint density at radius 3 is 2.42 bits per heavy atom. The number of aryl methyl sites for hydroxylation is 1. The van der Waals surface area contributed by atoms with Crippen molar-refractivity contribution >= 4 is 17.7 Å². The molecule has 0 bridgehead atoms. The fourth-order valence-electron chi connectivity index (χ4n) is 2.66. The molecular weight excluding hydrogens is 410 g/mol. The first kappa shape index (κ1) is 21.9. The average Bonchev–Trinajstić information content (AvgIpc) is 2.75. The summed E-state index contributed by atoms with van der Waals surface area (Å²) < 4.78 is 37.3. The third kappa shape index (κ3) is 5.23. The number of methoxy groups -OCH3 is 1. The van der Waals surface area contributed by atoms with Crippen LogP contribution in [0.1, 0.15) is 26.3 Å². The third-order valence-electron chi connectivity index (χ3n) is 4.24. The predicted octanol–water partition coefficient (Wildman–Crippen LogP) is 3.18. The van der Waals surface area contributed by atoms with Crippen molar-refractivity contribution in [1.29, 1.82) is 0 Å². The second-order valence-corrected chi connectivity index (χ2v) is 6.38. The zero-order chi connectivity index (χ0) is 22.4. The molecule has 2 aromatic heterocycles. The van der Waals surface area contributed by atoms with Crippen LogP contribution in [0.2, 0.25) is 0 Å². The molecule has 8 nitrogen and oxygen atoms in total. The third-order valence-corrected chi connectivity index (χ3v) is 4.24. The Balaban J connectivity index is 1.77. The number of rotatable bonds is 7. The summed E-state index contributed by atoms with van der Waals surface area (Å²) in [5.41, 5.74) is 1.47. The fourth-order valence-corrected chi connectivity index (χ4v) is 2.66. The van der Waals surface area contributed by atoms with Crippen molar-refractivity contribution in [2.45, 2.75) is 6.92 Å². The number of benzene rings is 1. The van der Waals surface area contributed by atoms with Crippen LogP contribution in [0.15, 0.2) is 43.0 Å². The summed E-state index contributed by atoms with van der Waals surface area (Å²) in [5, 5.41) is 2.29. The van der Waals surface area contributed by atoms with Crippen molar-refractivity contribution in [3.05, 3.63) is 71.3 Å². The molecule has 1 amide bonds. The van der Waals surface area contributed by atoms with E-state index in [4.69, 9.17) is 9.47 Å². The van der Waals surface area contributed by atoms with Crippen molar-refractivity contribution < 1.29 is 27.8 Å². The number of hydrogen-bond donors (Lipinski definition) is 1. The van der Waals surface area contributed by atoms with E-state index in [1.165, 1.54) is 19.5 Å². The number of halogens is 2. The Morgan fingerprint density at radius 1 is 1.03 bits per heavy atom. The van der Waals surface area contributed by atoms with Gasteiger partial charge in [0.05, 0.1) is 42.7 Å². The van der Waals surface area contributed by atoms with Crippen LogP contribution in [0.3, 0.4) is 0 Å². The lowest BCUT2D eigenvalue weighted by atomic mass is 10.0. The number of anilines is 1. The average molecular weight is 428 g/mol. The quantitative estimate of drug-likeness (QED) is 0.455. The highest BCUT2D eigenvalue weighted by atomic mass is 19.1. The topological polar surface area (TPSA) is 103 Å². The maximum atomic E-state index is 13.7. The molecule has 0 saturated heterocycles. The van der Waals surface area contributed by atoms with E-state index in [1.54, 1.807) is 18.2 Å². The van der Waals surface area contributed by atoms with Gasteiger partial charge in [-0.05, 0) is 24.6 Å². The smallest absolute Gasteiger partial charge is 0.338 e. The first-order chi connectivity index (χ1) is 14.9. The molecule has 2 heterocycles. The van der Waals surface area contributed by atoms with Crippen LogP contribution in [-0.4, -0.2) is 47.2 Å². The molecule has 0 aliphatic carbocycles. The number of ether oxygens (including phenoxy) is 2. The second-order valence-electron chi connectivity index (χ2n) is 6.38. The standard InChI is InChI=1S/C21H18F2N4O4/c1-12-3-4-13(21(29)31-6-5-30-2)7-14(12)17-10-26-18(11-25-17)27-20(28)19-15(22)8-24-9-16(19)23/h3-4,7-11H,5-6H2,1-2H3,(H,26,27,28). The summed E-state index contributed by atoms with van der Waals surface area (Å²) in [6, 6.07) is 5.00. The molecule has 1 aromatic carbocycles. The molecule has 0 aliphatic heterocycles. The first-order valence-corrected chi connectivity index (χ1v) is 9.10. The van der Waals surface area contributed by atoms with E-state index in [-0.39, 0.29) is 19.0 Å². The number of carbonyl (C=O) groups excluding carboxylic acids is 2. The van der Waals surface area contributed by atoms with E-state index >= 15 is 0 Å². The van der Waals surface area contributed by atoms with Gasteiger partial charge in [-0.15, -0.1) is 0 Å². The van der Waals surface area contributed by atoms with Gasteiger partial charge in [-0.25, -0.2) is 18.6 Å². The number of amides is 1. The van der Waals surface area contributed by atoms with Crippen molar-refractivity contribution in [2.75, 3.05) is 25.6 Å². The number of carbonyl (C=O) groups is 2. The van der Waals surface area contributed by atoms with E-state index in [2.05, 4.69) is 20.3 Å². The number of nitrogens with one attached hydrogen (secondary N) is 1. The Labute approximate surface area is 176 Å². The van der Waals surface area contributed by atoms with Gasteiger partial charge in [0.2, 0.25) is 0 Å². The maximum absolute atomic E-state index is 13.7. The highest BCUT2D eigenvalue weighted by Gasteiger charge is 2.18. The van der Waals surface area contributed by atoms with Crippen LogP contribution in [0.25, 0.3) is 11.3 Å². The number of nitrogens with zero attached hydrogens (tertiary/aromatic N) is 3. The van der Waals surface area contributed by atoms with Gasteiger partial charge >= 0.3 is 5.97 Å². The number of esters is 1. The predicted molar refractivity (Wildman–Crippen MR) is 106 cm³/mol. The largest absolute Gasteiger partial charge is 0.460 e. The van der Waals surface area contributed by atoms with Crippen LogP contribution in [0.5, 0.6) is 0 Å². The van der Waals surface area contributed by atoms with Crippen LogP contribution in [0, 0.1) is 18.6 Å². The van der Waals surface area contributed by atoms with E-state index in [9.17, 15) is 18.4 Å². The molecular formula is C21H18F2N4O4. The normalized spacial score (nSPS) is 10.6. The van der Waals surface area contributed by atoms with E-state index in [0.717, 1.165) is 18.0 Å². The SMILES string of the molecule is COCCOC(=O)c1ccc(C)c(-c2cnc(NC(=O)c3c(F)cncc3F)cn2)c1. The van der Waals surface area contributed by atoms with Crippen molar-refractivity contribution in [1.82, 2.24) is 15.0 Å². The van der Waals surface area contributed by atoms with Crippen LogP contribution < -0.4 is 5.32 Å². The Morgan fingerprint density at radius 2 is 1.77 bits per heavy atom. The lowest BCUT2D eigenvalue weighted by Crippen LogP contribution is -2.17. The molecule has 1 N–H and O–H groups in total. The molecule has 0 fully saturated rings. The number of aromatic nitrogens is 3. The zero-order valence-corrected chi connectivity index (χ0v) is 16.7. The monoisotopic (exact) mass is 428 g/mol. The van der Waals surface area contributed by atoms with Crippen LogP contribution in [-0.2, 0) is 9.47 Å². The van der Waals surface area contributed by atoms with Gasteiger partial charge in [-0.2, -0.15) is 0 Å². The summed E-state index contributed by atoms with van der Waals surface area (Å²) in [6.45, 7) is 2.25. The van der Waals surface area contributed by atoms with Gasteiger partial charge in [-0.3, -0.25) is 14.8 Å². The summed E-state index contributed by atoms with van der Waals surface area (Å²) in [6.07, 6.45) is 4.09.